The van der Waals surface area contributed by atoms with Crippen molar-refractivity contribution in [1.82, 2.24) is 0 Å². The van der Waals surface area contributed by atoms with Gasteiger partial charge in [-0.05, 0) is 72.7 Å². The smallest absolute Gasteiger partial charge is 0.748 e. The molecule has 0 atom stereocenters. The number of nitrogens with one attached hydrogen (secondary N) is 1. The molecule has 3 aliphatic carbocycles. The molecule has 3 fully saturated rings. The third kappa shape index (κ3) is 12.2. The van der Waals surface area contributed by atoms with Gasteiger partial charge in [0.1, 0.15) is 0 Å². The molecule has 0 bridgehead atoms. The van der Waals surface area contributed by atoms with Gasteiger partial charge in [-0.3, -0.25) is 0 Å². The van der Waals surface area contributed by atoms with Crippen LogP contribution in [0.3, 0.4) is 0 Å². The Morgan fingerprint density at radius 2 is 1.13 bits per heavy atom. The Bertz CT molecular complexity index is 952. The van der Waals surface area contributed by atoms with Crippen LogP contribution in [0.15, 0.2) is 48.5 Å². The second-order valence-electron chi connectivity index (χ2n) is 10.8. The first kappa shape index (κ1) is 33.4. The Labute approximate surface area is 247 Å². The monoisotopic (exact) mass is 648 g/mol. The molecule has 0 aromatic heterocycles. The zero-order chi connectivity index (χ0) is 26.5. The molecule has 0 saturated heterocycles. The second-order valence-corrected chi connectivity index (χ2v) is 15.3. The summed E-state index contributed by atoms with van der Waals surface area (Å²) in [4.78, 5) is 0. The number of hydrogen-bond donors (Lipinski definition) is 0. The predicted molar refractivity (Wildman–Crippen MR) is 158 cm³/mol. The summed E-state index contributed by atoms with van der Waals surface area (Å²) < 4.78 is 27.2. The third-order valence-corrected chi connectivity index (χ3v) is 12.0. The van der Waals surface area contributed by atoms with Crippen molar-refractivity contribution >= 4 is 23.7 Å². The van der Waals surface area contributed by atoms with E-state index in [1.807, 2.05) is 42.5 Å². The maximum absolute atomic E-state index is 9.08. The van der Waals surface area contributed by atoms with Crippen molar-refractivity contribution in [2.45, 2.75) is 113 Å². The summed E-state index contributed by atoms with van der Waals surface area (Å²) in [6.07, 6.45) is 24.2. The van der Waals surface area contributed by atoms with Crippen molar-refractivity contribution < 1.29 is 33.4 Å². The number of rotatable bonds is 4. The van der Waals surface area contributed by atoms with E-state index >= 15 is 0 Å². The molecule has 3 aliphatic rings. The molecule has 2 aromatic carbocycles. The SMILES string of the molecule is C1CCC(P(C2CCCCC2)C2CCCCC2)CC1.CS(=O)(=O)[O-].[NH-]c1ccccc1-c1[c]cccc1.[Pd+2]. The molecular formula is C31H45NO3PPdS. The maximum atomic E-state index is 9.08. The summed E-state index contributed by atoms with van der Waals surface area (Å²) in [7, 11) is -3.53. The first-order valence-corrected chi connectivity index (χ1v) is 17.7. The molecule has 0 aliphatic heterocycles. The van der Waals surface area contributed by atoms with E-state index in [2.05, 4.69) is 6.07 Å². The van der Waals surface area contributed by atoms with E-state index in [1.54, 1.807) is 83.1 Å². The molecule has 0 amide bonds. The van der Waals surface area contributed by atoms with E-state index in [1.165, 1.54) is 36.2 Å². The van der Waals surface area contributed by atoms with E-state index in [0.717, 1.165) is 11.1 Å². The van der Waals surface area contributed by atoms with E-state index in [-0.39, 0.29) is 20.4 Å². The van der Waals surface area contributed by atoms with Crippen molar-refractivity contribution in [2.75, 3.05) is 6.26 Å². The largest absolute Gasteiger partial charge is 2.00 e. The molecule has 213 valence electrons. The zero-order valence-corrected chi connectivity index (χ0v) is 26.1. The van der Waals surface area contributed by atoms with Gasteiger partial charge in [0.2, 0.25) is 0 Å². The third-order valence-electron chi connectivity index (χ3n) is 7.92. The number of benzene rings is 2. The fraction of sp³-hybridized carbons (Fsp3) is 0.613. The fourth-order valence-corrected chi connectivity index (χ4v) is 11.0. The summed E-state index contributed by atoms with van der Waals surface area (Å²) in [5, 5.41) is 0. The Kier molecular flexibility index (Phi) is 15.7. The van der Waals surface area contributed by atoms with Gasteiger partial charge in [0.15, 0.2) is 0 Å². The van der Waals surface area contributed by atoms with Crippen LogP contribution in [-0.2, 0) is 30.5 Å². The van der Waals surface area contributed by atoms with Crippen LogP contribution >= 0.6 is 7.92 Å². The van der Waals surface area contributed by atoms with Gasteiger partial charge in [0.05, 0.1) is 10.1 Å². The minimum atomic E-state index is -3.92. The van der Waals surface area contributed by atoms with Crippen LogP contribution in [0.25, 0.3) is 16.9 Å². The van der Waals surface area contributed by atoms with Gasteiger partial charge in [-0.1, -0.05) is 114 Å². The summed E-state index contributed by atoms with van der Waals surface area (Å²) in [5.41, 5.74) is 13.7. The summed E-state index contributed by atoms with van der Waals surface area (Å²) >= 11 is 0. The van der Waals surface area contributed by atoms with Crippen molar-refractivity contribution in [3.63, 3.8) is 0 Å². The maximum Gasteiger partial charge on any atom is 2.00 e. The molecule has 0 unspecified atom stereocenters. The van der Waals surface area contributed by atoms with Gasteiger partial charge in [-0.2, -0.15) is 0 Å². The van der Waals surface area contributed by atoms with E-state index in [4.69, 9.17) is 18.7 Å². The fourth-order valence-electron chi connectivity index (χ4n) is 6.31. The molecule has 0 spiro atoms. The van der Waals surface area contributed by atoms with Crippen molar-refractivity contribution in [3.05, 3.63) is 60.3 Å². The molecule has 4 nitrogen and oxygen atoms in total. The van der Waals surface area contributed by atoms with Crippen LogP contribution in [-0.4, -0.2) is 36.2 Å². The minimum Gasteiger partial charge on any atom is -0.748 e. The van der Waals surface area contributed by atoms with E-state index in [0.29, 0.717) is 19.9 Å². The quantitative estimate of drug-likeness (QED) is 0.188. The van der Waals surface area contributed by atoms with Gasteiger partial charge < -0.3 is 10.3 Å². The predicted octanol–water partition coefficient (Wildman–Crippen LogP) is 9.46. The molecule has 3 saturated carbocycles. The van der Waals surface area contributed by atoms with Crippen LogP contribution in [0.1, 0.15) is 96.3 Å². The number of hydrogen-bond acceptors (Lipinski definition) is 3. The van der Waals surface area contributed by atoms with Crippen molar-refractivity contribution in [3.8, 4) is 11.1 Å². The minimum absolute atomic E-state index is 0. The Morgan fingerprint density at radius 1 is 0.737 bits per heavy atom. The normalized spacial score (nSPS) is 19.3. The summed E-state index contributed by atoms with van der Waals surface area (Å²) in [6.45, 7) is 0. The van der Waals surface area contributed by atoms with Gasteiger partial charge in [0.25, 0.3) is 0 Å². The Morgan fingerprint density at radius 3 is 1.50 bits per heavy atom. The van der Waals surface area contributed by atoms with Gasteiger partial charge in [0, 0.05) is 6.26 Å². The van der Waals surface area contributed by atoms with Crippen molar-refractivity contribution in [1.29, 1.82) is 0 Å². The zero-order valence-electron chi connectivity index (χ0n) is 22.9. The Balaban J connectivity index is 0.000000232. The molecule has 1 radical (unpaired) electrons. The first-order chi connectivity index (χ1) is 17.8. The summed E-state index contributed by atoms with van der Waals surface area (Å²) in [6, 6.07) is 18.4. The van der Waals surface area contributed by atoms with E-state index < -0.39 is 10.1 Å². The molecule has 5 rings (SSSR count). The second kappa shape index (κ2) is 17.8. The molecule has 38 heavy (non-hydrogen) atoms. The standard InChI is InChI=1S/C18H33P.C12H9N.CH4O3S.Pd/c1-4-10-16(11-5-1)19(17-12-6-2-7-13-17)18-14-8-3-9-15-18;13-12-9-5-4-8-11(12)10-6-2-1-3-7-10;1-5(2,3)4;/h16-18H,1-15H2;1-6,8-9,13H;1H3,(H,2,3,4);/q;-1;;+2/p-1. The van der Waals surface area contributed by atoms with Crippen LogP contribution in [0.5, 0.6) is 0 Å². The molecule has 7 heteroatoms. The van der Waals surface area contributed by atoms with Crippen LogP contribution in [0.2, 0.25) is 0 Å². The van der Waals surface area contributed by atoms with Crippen LogP contribution in [0, 0.1) is 6.07 Å². The average molecular weight is 649 g/mol. The molecule has 2 aromatic rings. The summed E-state index contributed by atoms with van der Waals surface area (Å²) in [5.74, 6) is 0. The Hall–Kier alpha value is -0.758. The van der Waals surface area contributed by atoms with Crippen molar-refractivity contribution in [2.24, 2.45) is 0 Å². The molecule has 0 heterocycles. The van der Waals surface area contributed by atoms with Gasteiger partial charge in [-0.15, -0.1) is 5.69 Å². The van der Waals surface area contributed by atoms with Gasteiger partial charge in [-0.25, -0.2) is 8.42 Å². The first-order valence-electron chi connectivity index (χ1n) is 14.3. The van der Waals surface area contributed by atoms with E-state index in [9.17, 15) is 0 Å². The van der Waals surface area contributed by atoms with Gasteiger partial charge >= 0.3 is 20.4 Å². The van der Waals surface area contributed by atoms with Crippen LogP contribution < -0.4 is 0 Å². The molecular weight excluding hydrogens is 604 g/mol. The molecule has 1 N–H and O–H groups in total. The van der Waals surface area contributed by atoms with Crippen LogP contribution in [0.4, 0.5) is 5.69 Å². The topological polar surface area (TPSA) is 81.0 Å². The average Bonchev–Trinajstić information content (AvgIpc) is 2.91.